The molecule has 2 saturated heterocycles. The lowest BCUT2D eigenvalue weighted by molar-refractivity contribution is -0.0499. The first kappa shape index (κ1) is 11.9. The molecule has 0 aromatic heterocycles. The molecule has 98 valence electrons. The summed E-state index contributed by atoms with van der Waals surface area (Å²) in [4.78, 5) is 2.55. The van der Waals surface area contributed by atoms with Crippen molar-refractivity contribution in [3.8, 4) is 0 Å². The van der Waals surface area contributed by atoms with Gasteiger partial charge in [0.1, 0.15) is 0 Å². The molecule has 2 bridgehead atoms. The first-order chi connectivity index (χ1) is 8.31. The van der Waals surface area contributed by atoms with E-state index in [-0.39, 0.29) is 6.10 Å². The van der Waals surface area contributed by atoms with E-state index in [0.717, 1.165) is 26.1 Å². The van der Waals surface area contributed by atoms with Crippen molar-refractivity contribution in [1.82, 2.24) is 4.90 Å². The lowest BCUT2D eigenvalue weighted by Gasteiger charge is -2.35. The van der Waals surface area contributed by atoms with Gasteiger partial charge in [0.2, 0.25) is 0 Å². The van der Waals surface area contributed by atoms with Crippen molar-refractivity contribution in [2.24, 2.45) is 5.92 Å². The van der Waals surface area contributed by atoms with Crippen molar-refractivity contribution in [3.05, 3.63) is 0 Å². The van der Waals surface area contributed by atoms with Gasteiger partial charge >= 0.3 is 0 Å². The predicted molar refractivity (Wildman–Crippen MR) is 66.9 cm³/mol. The van der Waals surface area contributed by atoms with Crippen LogP contribution >= 0.6 is 0 Å². The molecule has 0 radical (unpaired) electrons. The average Bonchev–Trinajstić information content (AvgIpc) is 2.53. The van der Waals surface area contributed by atoms with Crippen LogP contribution in [0.2, 0.25) is 0 Å². The Labute approximate surface area is 104 Å². The van der Waals surface area contributed by atoms with Crippen LogP contribution in [-0.2, 0) is 4.74 Å². The van der Waals surface area contributed by atoms with E-state index in [2.05, 4.69) is 4.90 Å². The van der Waals surface area contributed by atoms with Gasteiger partial charge in [-0.15, -0.1) is 0 Å². The molecular formula is C14H25NO2. The van der Waals surface area contributed by atoms with Crippen molar-refractivity contribution in [1.29, 1.82) is 0 Å². The minimum Gasteiger partial charge on any atom is -0.393 e. The van der Waals surface area contributed by atoms with Gasteiger partial charge in [0.05, 0.1) is 18.3 Å². The predicted octanol–water partition coefficient (Wildman–Crippen LogP) is 1.79. The highest BCUT2D eigenvalue weighted by Gasteiger charge is 2.35. The lowest BCUT2D eigenvalue weighted by atomic mass is 9.96. The molecule has 3 nitrogen and oxygen atoms in total. The molecule has 0 aromatic carbocycles. The molecule has 3 heteroatoms. The zero-order chi connectivity index (χ0) is 11.7. The van der Waals surface area contributed by atoms with Crippen LogP contribution in [0.4, 0.5) is 0 Å². The van der Waals surface area contributed by atoms with Gasteiger partial charge in [-0.25, -0.2) is 0 Å². The SMILES string of the molecule is OC1CCCCCC1CN1CC2CCC(C1)O2. The molecule has 0 spiro atoms. The largest absolute Gasteiger partial charge is 0.393 e. The normalized spacial score (nSPS) is 43.6. The number of morpholine rings is 1. The number of fused-ring (bicyclic) bond motifs is 2. The molecule has 4 unspecified atom stereocenters. The first-order valence-corrected chi connectivity index (χ1v) is 7.37. The number of nitrogens with zero attached hydrogens (tertiary/aromatic N) is 1. The number of hydrogen-bond donors (Lipinski definition) is 1. The van der Waals surface area contributed by atoms with Crippen LogP contribution in [0.3, 0.4) is 0 Å². The van der Waals surface area contributed by atoms with Crippen molar-refractivity contribution in [3.63, 3.8) is 0 Å². The highest BCUT2D eigenvalue weighted by atomic mass is 16.5. The molecule has 1 N–H and O–H groups in total. The van der Waals surface area contributed by atoms with Gasteiger partial charge in [0.15, 0.2) is 0 Å². The molecule has 3 rings (SSSR count). The van der Waals surface area contributed by atoms with Gasteiger partial charge in [-0.3, -0.25) is 4.90 Å². The molecule has 0 aromatic rings. The van der Waals surface area contributed by atoms with E-state index in [9.17, 15) is 5.11 Å². The molecular weight excluding hydrogens is 214 g/mol. The zero-order valence-electron chi connectivity index (χ0n) is 10.7. The van der Waals surface area contributed by atoms with Crippen LogP contribution in [0.1, 0.15) is 44.9 Å². The molecule has 1 saturated carbocycles. The average molecular weight is 239 g/mol. The summed E-state index contributed by atoms with van der Waals surface area (Å²) in [5.41, 5.74) is 0. The zero-order valence-corrected chi connectivity index (χ0v) is 10.7. The Bertz CT molecular complexity index is 247. The lowest BCUT2D eigenvalue weighted by Crippen LogP contribution is -2.46. The molecule has 1 aliphatic carbocycles. The van der Waals surface area contributed by atoms with Gasteiger partial charge in [0, 0.05) is 19.6 Å². The van der Waals surface area contributed by atoms with Crippen molar-refractivity contribution >= 4 is 0 Å². The Morgan fingerprint density at radius 1 is 0.941 bits per heavy atom. The molecule has 3 aliphatic rings. The van der Waals surface area contributed by atoms with E-state index in [0.29, 0.717) is 18.1 Å². The van der Waals surface area contributed by atoms with Crippen LogP contribution in [-0.4, -0.2) is 48.0 Å². The molecule has 0 amide bonds. The van der Waals surface area contributed by atoms with Gasteiger partial charge < -0.3 is 9.84 Å². The second kappa shape index (κ2) is 5.25. The highest BCUT2D eigenvalue weighted by Crippen LogP contribution is 2.29. The standard InChI is InChI=1S/C14H25NO2/c16-14-5-3-1-2-4-11(14)8-15-9-12-6-7-13(10-15)17-12/h11-14,16H,1-10H2. The van der Waals surface area contributed by atoms with E-state index >= 15 is 0 Å². The Kier molecular flexibility index (Phi) is 3.69. The van der Waals surface area contributed by atoms with Crippen LogP contribution in [0.5, 0.6) is 0 Å². The number of aliphatic hydroxyl groups excluding tert-OH is 1. The number of ether oxygens (including phenoxy) is 1. The van der Waals surface area contributed by atoms with Gasteiger partial charge in [0.25, 0.3) is 0 Å². The van der Waals surface area contributed by atoms with Crippen molar-refractivity contribution < 1.29 is 9.84 Å². The summed E-state index contributed by atoms with van der Waals surface area (Å²) in [5, 5.41) is 10.2. The summed E-state index contributed by atoms with van der Waals surface area (Å²) in [6.07, 6.45) is 9.46. The van der Waals surface area contributed by atoms with Crippen LogP contribution < -0.4 is 0 Å². The fraction of sp³-hybridized carbons (Fsp3) is 1.00. The van der Waals surface area contributed by atoms with E-state index in [1.807, 2.05) is 0 Å². The van der Waals surface area contributed by atoms with Crippen LogP contribution in [0.25, 0.3) is 0 Å². The summed E-state index contributed by atoms with van der Waals surface area (Å²) >= 11 is 0. The Balaban J connectivity index is 1.54. The van der Waals surface area contributed by atoms with E-state index in [1.54, 1.807) is 0 Å². The summed E-state index contributed by atoms with van der Waals surface area (Å²) < 4.78 is 5.86. The molecule has 3 fully saturated rings. The van der Waals surface area contributed by atoms with E-state index < -0.39 is 0 Å². The fourth-order valence-corrected chi connectivity index (χ4v) is 3.76. The number of rotatable bonds is 2. The van der Waals surface area contributed by atoms with Gasteiger partial charge in [-0.05, 0) is 31.6 Å². The van der Waals surface area contributed by atoms with E-state index in [4.69, 9.17) is 4.74 Å². The number of aliphatic hydroxyl groups is 1. The summed E-state index contributed by atoms with van der Waals surface area (Å²) in [6, 6.07) is 0. The molecule has 4 atom stereocenters. The maximum Gasteiger partial charge on any atom is 0.0707 e. The maximum absolute atomic E-state index is 10.2. The summed E-state index contributed by atoms with van der Waals surface area (Å²) in [5.74, 6) is 0.509. The molecule has 17 heavy (non-hydrogen) atoms. The first-order valence-electron chi connectivity index (χ1n) is 7.37. The summed E-state index contributed by atoms with van der Waals surface area (Å²) in [6.45, 7) is 3.29. The van der Waals surface area contributed by atoms with Gasteiger partial charge in [-0.2, -0.15) is 0 Å². The third kappa shape index (κ3) is 2.83. The Morgan fingerprint density at radius 3 is 2.41 bits per heavy atom. The topological polar surface area (TPSA) is 32.7 Å². The smallest absolute Gasteiger partial charge is 0.0707 e. The van der Waals surface area contributed by atoms with Crippen molar-refractivity contribution in [2.45, 2.75) is 63.3 Å². The third-order valence-corrected chi connectivity index (χ3v) is 4.73. The van der Waals surface area contributed by atoms with Crippen molar-refractivity contribution in [2.75, 3.05) is 19.6 Å². The Hall–Kier alpha value is -0.120. The monoisotopic (exact) mass is 239 g/mol. The molecule has 2 aliphatic heterocycles. The quantitative estimate of drug-likeness (QED) is 0.746. The third-order valence-electron chi connectivity index (χ3n) is 4.73. The van der Waals surface area contributed by atoms with E-state index in [1.165, 1.54) is 38.5 Å². The molecule has 2 heterocycles. The van der Waals surface area contributed by atoms with Crippen LogP contribution in [0, 0.1) is 5.92 Å². The Morgan fingerprint density at radius 2 is 1.65 bits per heavy atom. The summed E-state index contributed by atoms with van der Waals surface area (Å²) in [7, 11) is 0. The minimum absolute atomic E-state index is 0.0574. The number of likely N-dealkylation sites (tertiary alicyclic amines) is 1. The number of hydrogen-bond acceptors (Lipinski definition) is 3. The maximum atomic E-state index is 10.2. The highest BCUT2D eigenvalue weighted by molar-refractivity contribution is 4.87. The second-order valence-corrected chi connectivity index (χ2v) is 6.14. The second-order valence-electron chi connectivity index (χ2n) is 6.14. The van der Waals surface area contributed by atoms with Crippen LogP contribution in [0.15, 0.2) is 0 Å². The van der Waals surface area contributed by atoms with Gasteiger partial charge in [-0.1, -0.05) is 19.3 Å². The fourth-order valence-electron chi connectivity index (χ4n) is 3.76. The minimum atomic E-state index is -0.0574.